The molecule has 0 heterocycles. The first-order valence-electron chi connectivity index (χ1n) is 26.8. The summed E-state index contributed by atoms with van der Waals surface area (Å²) in [5.41, 5.74) is 14.2. The molecule has 0 bridgehead atoms. The van der Waals surface area contributed by atoms with Crippen molar-refractivity contribution < 1.29 is 33.6 Å². The number of nitrogens with zero attached hydrogens (tertiary/aromatic N) is 5. The van der Waals surface area contributed by atoms with E-state index in [-0.39, 0.29) is 29.8 Å². The van der Waals surface area contributed by atoms with Crippen molar-refractivity contribution in [1.82, 2.24) is 0 Å². The van der Waals surface area contributed by atoms with Crippen LogP contribution in [0.4, 0.5) is 64.7 Å². The molecule has 0 unspecified atom stereocenters. The Bertz CT molecular complexity index is 3570. The molecule has 0 atom stereocenters. The highest BCUT2D eigenvalue weighted by Gasteiger charge is 2.27. The molecule has 0 aliphatic heterocycles. The fourth-order valence-corrected chi connectivity index (χ4v) is 10.00. The van der Waals surface area contributed by atoms with Crippen molar-refractivity contribution in [3.05, 3.63) is 233 Å². The predicted octanol–water partition coefficient (Wildman–Crippen LogP) is 17.5. The molecule has 20 heteroatoms. The van der Waals surface area contributed by atoms with Crippen LogP contribution in [-0.4, -0.2) is 43.3 Å². The van der Waals surface area contributed by atoms with Crippen LogP contribution < -0.4 is 45.4 Å². The summed E-state index contributed by atoms with van der Waals surface area (Å²) in [7, 11) is 3.21. The van der Waals surface area contributed by atoms with E-state index in [0.29, 0.717) is 103 Å². The summed E-state index contributed by atoms with van der Waals surface area (Å²) in [4.78, 5) is 70.4. The maximum absolute atomic E-state index is 13.9. The first-order chi connectivity index (χ1) is 40.3. The molecule has 0 aliphatic carbocycles. The van der Waals surface area contributed by atoms with Gasteiger partial charge in [-0.2, -0.15) is 0 Å². The van der Waals surface area contributed by atoms with E-state index in [2.05, 4.69) is 10.6 Å². The number of nitro benzene ring substituents is 1. The SMILES string of the molecule is CCc1c(Cl)cc([N+](=O)[O-])c(CC)c1NC(=O)N(Cc1ccc(Cl)cc1)c1ccc(N(C)C(=O)Oc2ccccc2)cc1.CCc1c(N)cc(Cl)c(CC)c1NC(=O)N(Cc1ccc(Cl)cc1)c1ccc(N(C)C(=O)Oc2ccccc2)cc1. The van der Waals surface area contributed by atoms with Gasteiger partial charge in [-0.25, -0.2) is 19.2 Å². The fourth-order valence-electron chi connectivity index (χ4n) is 9.07. The van der Waals surface area contributed by atoms with Crippen molar-refractivity contribution in [1.29, 1.82) is 0 Å². The fraction of sp³-hybridized carbons (Fsp3) is 0.188. The second-order valence-corrected chi connectivity index (χ2v) is 20.6. The molecule has 8 aromatic carbocycles. The number of halogens is 4. The number of carbonyl (C=O) groups excluding carboxylic acids is 4. The summed E-state index contributed by atoms with van der Waals surface area (Å²) in [5.74, 6) is 0.868. The summed E-state index contributed by atoms with van der Waals surface area (Å²) >= 11 is 25.1. The van der Waals surface area contributed by atoms with Crippen LogP contribution in [-0.2, 0) is 38.8 Å². The van der Waals surface area contributed by atoms with Crippen LogP contribution in [0.2, 0.25) is 20.1 Å². The van der Waals surface area contributed by atoms with Crippen molar-refractivity contribution in [3.8, 4) is 11.5 Å². The Labute approximate surface area is 508 Å². The first kappa shape index (κ1) is 62.8. The highest BCUT2D eigenvalue weighted by molar-refractivity contribution is 6.33. The highest BCUT2D eigenvalue weighted by Crippen LogP contribution is 2.38. The van der Waals surface area contributed by atoms with Gasteiger partial charge in [-0.3, -0.25) is 29.7 Å². The molecule has 0 aromatic heterocycles. The molecule has 4 N–H and O–H groups in total. The molecule has 434 valence electrons. The number of nitrogen functional groups attached to an aromatic ring is 1. The van der Waals surface area contributed by atoms with Crippen LogP contribution in [0.25, 0.3) is 0 Å². The van der Waals surface area contributed by atoms with Crippen LogP contribution in [0, 0.1) is 10.1 Å². The summed E-state index contributed by atoms with van der Waals surface area (Å²) < 4.78 is 10.9. The number of hydrogen-bond donors (Lipinski definition) is 3. The van der Waals surface area contributed by atoms with E-state index in [4.69, 9.17) is 61.6 Å². The van der Waals surface area contributed by atoms with Crippen LogP contribution in [0.15, 0.2) is 170 Å². The molecule has 0 saturated carbocycles. The maximum atomic E-state index is 13.9. The summed E-state index contributed by atoms with van der Waals surface area (Å²) in [6, 6.07) is 48.1. The van der Waals surface area contributed by atoms with Gasteiger partial charge >= 0.3 is 24.2 Å². The predicted molar refractivity (Wildman–Crippen MR) is 339 cm³/mol. The van der Waals surface area contributed by atoms with Gasteiger partial charge in [-0.15, -0.1) is 0 Å². The van der Waals surface area contributed by atoms with Gasteiger partial charge in [-0.1, -0.05) is 135 Å². The van der Waals surface area contributed by atoms with Crippen molar-refractivity contribution in [2.75, 3.05) is 50.1 Å². The van der Waals surface area contributed by atoms with E-state index in [0.717, 1.165) is 22.3 Å². The van der Waals surface area contributed by atoms with Gasteiger partial charge in [0, 0.05) is 63.7 Å². The quantitative estimate of drug-likeness (QED) is 0.0452. The Morgan fingerprint density at radius 2 is 0.833 bits per heavy atom. The van der Waals surface area contributed by atoms with Gasteiger partial charge in [0.25, 0.3) is 5.69 Å². The number of amides is 6. The lowest BCUT2D eigenvalue weighted by Gasteiger charge is -2.26. The number of rotatable bonds is 17. The van der Waals surface area contributed by atoms with E-state index in [1.807, 2.05) is 57.2 Å². The second kappa shape index (κ2) is 29.4. The second-order valence-electron chi connectivity index (χ2n) is 19.0. The lowest BCUT2D eigenvalue weighted by molar-refractivity contribution is -0.385. The molecule has 8 rings (SSSR count). The van der Waals surface area contributed by atoms with Crippen molar-refractivity contribution >= 4 is 116 Å². The standard InChI is InChI=1S/C32H30Cl2N4O5.C32H32Cl2N4O3/c1-4-26-28(34)19-29(38(41)42)27(5-2)30(26)35-31(39)37(20-21-11-13-22(33)14-12-21)24-17-15-23(16-18-24)36(3)32(40)43-25-9-7-6-8-10-25;1-4-26-28(34)19-29(35)27(5-2)30(26)36-31(39)38(20-21-11-13-22(33)14-12-21)24-17-15-23(16-18-24)37(3)32(40)41-25-9-7-6-8-10-25/h6-19H,4-5,20H2,1-3H3,(H,35,39);6-19H,4-5,20,35H2,1-3H3,(H,36,39). The summed E-state index contributed by atoms with van der Waals surface area (Å²) in [5, 5.41) is 19.7. The van der Waals surface area contributed by atoms with Gasteiger partial charge < -0.3 is 25.8 Å². The number of benzene rings is 8. The first-order valence-corrected chi connectivity index (χ1v) is 28.3. The topological polar surface area (TPSA) is 193 Å². The molecule has 6 amide bonds. The third-order valence-corrected chi connectivity index (χ3v) is 14.8. The van der Waals surface area contributed by atoms with Gasteiger partial charge in [0.2, 0.25) is 0 Å². The lowest BCUT2D eigenvalue weighted by Crippen LogP contribution is -2.35. The van der Waals surface area contributed by atoms with E-state index in [1.165, 1.54) is 20.8 Å². The Morgan fingerprint density at radius 3 is 1.19 bits per heavy atom. The van der Waals surface area contributed by atoms with Crippen LogP contribution in [0.3, 0.4) is 0 Å². The summed E-state index contributed by atoms with van der Waals surface area (Å²) in [6.45, 7) is 8.06. The molecule has 0 aliphatic rings. The number of nitrogens with two attached hydrogens (primary N) is 1. The Kier molecular flexibility index (Phi) is 22.0. The van der Waals surface area contributed by atoms with Gasteiger partial charge in [-0.05, 0) is 157 Å². The number of nitro groups is 1. The molecule has 0 saturated heterocycles. The number of para-hydroxylation sites is 2. The van der Waals surface area contributed by atoms with Gasteiger partial charge in [0.1, 0.15) is 11.5 Å². The number of ether oxygens (including phenoxy) is 2. The molecule has 0 radical (unpaired) electrons. The number of carbonyl (C=O) groups is 4. The summed E-state index contributed by atoms with van der Waals surface area (Å²) in [6.07, 6.45) is 0.917. The Hall–Kier alpha value is -8.80. The average molecular weight is 1210 g/mol. The molecular formula is C64H62Cl4N8O8. The average Bonchev–Trinajstić information content (AvgIpc) is 3.36. The molecule has 16 nitrogen and oxygen atoms in total. The Morgan fingerprint density at radius 1 is 0.488 bits per heavy atom. The third kappa shape index (κ3) is 15.8. The van der Waals surface area contributed by atoms with Crippen molar-refractivity contribution in [2.24, 2.45) is 0 Å². The van der Waals surface area contributed by atoms with Gasteiger partial charge in [0.15, 0.2) is 0 Å². The van der Waals surface area contributed by atoms with Crippen LogP contribution in [0.5, 0.6) is 11.5 Å². The van der Waals surface area contributed by atoms with E-state index in [1.54, 1.807) is 153 Å². The third-order valence-electron chi connectivity index (χ3n) is 13.6. The highest BCUT2D eigenvalue weighted by atomic mass is 35.5. The zero-order valence-corrected chi connectivity index (χ0v) is 50.0. The Balaban J connectivity index is 0.000000241. The molecule has 84 heavy (non-hydrogen) atoms. The van der Waals surface area contributed by atoms with E-state index in [9.17, 15) is 29.3 Å². The van der Waals surface area contributed by atoms with Gasteiger partial charge in [0.05, 0.1) is 40.0 Å². The smallest absolute Gasteiger partial charge is 0.410 e. The zero-order chi connectivity index (χ0) is 60.6. The molecule has 0 fully saturated rings. The zero-order valence-electron chi connectivity index (χ0n) is 47.0. The molecule has 8 aromatic rings. The lowest BCUT2D eigenvalue weighted by atomic mass is 10.0. The van der Waals surface area contributed by atoms with E-state index < -0.39 is 23.1 Å². The van der Waals surface area contributed by atoms with Crippen LogP contribution in [0.1, 0.15) is 61.1 Å². The van der Waals surface area contributed by atoms with Crippen molar-refractivity contribution in [3.63, 3.8) is 0 Å². The number of anilines is 7. The van der Waals surface area contributed by atoms with Crippen molar-refractivity contribution in [2.45, 2.75) is 66.5 Å². The minimum absolute atomic E-state index is 0.154. The number of nitrogens with one attached hydrogen (secondary N) is 2. The maximum Gasteiger partial charge on any atom is 0.419 e. The number of hydrogen-bond acceptors (Lipinski definition) is 9. The van der Waals surface area contributed by atoms with Crippen LogP contribution >= 0.6 is 46.4 Å². The molecular weight excluding hydrogens is 1150 g/mol. The monoisotopic (exact) mass is 1210 g/mol. The largest absolute Gasteiger partial charge is 0.419 e. The van der Waals surface area contributed by atoms with E-state index >= 15 is 0 Å². The normalized spacial score (nSPS) is 10.6. The number of urea groups is 2. The molecule has 0 spiro atoms. The minimum atomic E-state index is -0.573. The minimum Gasteiger partial charge on any atom is -0.410 e.